The topological polar surface area (TPSA) is 60.7 Å². The number of carbonyl (C=O) groups is 1. The quantitative estimate of drug-likeness (QED) is 0.842. The maximum Gasteiger partial charge on any atom is 0.255 e. The Morgan fingerprint density at radius 3 is 2.70 bits per heavy atom. The molecule has 1 amide bonds. The van der Waals surface area contributed by atoms with Gasteiger partial charge in [0.05, 0.1) is 31.6 Å². The highest BCUT2D eigenvalue weighted by molar-refractivity contribution is 5.95. The normalized spacial score (nSPS) is 11.8. The molecule has 23 heavy (non-hydrogen) atoms. The molecule has 0 spiro atoms. The van der Waals surface area contributed by atoms with Gasteiger partial charge < -0.3 is 19.2 Å². The van der Waals surface area contributed by atoms with Crippen molar-refractivity contribution in [2.75, 3.05) is 13.7 Å². The highest BCUT2D eigenvalue weighted by Crippen LogP contribution is 2.30. The molecule has 0 aliphatic rings. The van der Waals surface area contributed by atoms with Gasteiger partial charge in [0.25, 0.3) is 5.91 Å². The van der Waals surface area contributed by atoms with Crippen LogP contribution < -0.4 is 14.8 Å². The molecule has 0 fully saturated rings. The summed E-state index contributed by atoms with van der Waals surface area (Å²) in [5, 5.41) is 2.96. The zero-order valence-corrected chi connectivity index (χ0v) is 14.0. The first-order valence-electron chi connectivity index (χ1n) is 7.72. The van der Waals surface area contributed by atoms with Gasteiger partial charge in [-0.15, -0.1) is 0 Å². The number of hydrogen-bond acceptors (Lipinski definition) is 4. The second-order valence-corrected chi connectivity index (χ2v) is 5.34. The Kier molecular flexibility index (Phi) is 5.68. The van der Waals surface area contributed by atoms with Crippen molar-refractivity contribution in [3.63, 3.8) is 0 Å². The van der Waals surface area contributed by atoms with Gasteiger partial charge in [-0.2, -0.15) is 0 Å². The Bertz CT molecular complexity index is 663. The summed E-state index contributed by atoms with van der Waals surface area (Å²) in [6.07, 6.45) is 2.44. The molecule has 0 saturated carbocycles. The van der Waals surface area contributed by atoms with E-state index in [2.05, 4.69) is 12.2 Å². The van der Waals surface area contributed by atoms with Crippen LogP contribution >= 0.6 is 0 Å². The van der Waals surface area contributed by atoms with E-state index in [4.69, 9.17) is 13.9 Å². The maximum atomic E-state index is 12.2. The second kappa shape index (κ2) is 7.72. The first kappa shape index (κ1) is 16.9. The van der Waals surface area contributed by atoms with Crippen LogP contribution in [0.25, 0.3) is 0 Å². The molecule has 124 valence electrons. The number of hydrogen-bond donors (Lipinski definition) is 1. The lowest BCUT2D eigenvalue weighted by atomic mass is 10.1. The van der Waals surface area contributed by atoms with Crippen molar-refractivity contribution in [2.24, 2.45) is 0 Å². The summed E-state index contributed by atoms with van der Waals surface area (Å²) < 4.78 is 16.2. The molecule has 1 aromatic carbocycles. The fourth-order valence-electron chi connectivity index (χ4n) is 2.26. The summed E-state index contributed by atoms with van der Waals surface area (Å²) >= 11 is 0. The third-order valence-corrected chi connectivity index (χ3v) is 3.60. The van der Waals surface area contributed by atoms with E-state index < -0.39 is 0 Å². The van der Waals surface area contributed by atoms with Crippen LogP contribution in [0.1, 0.15) is 48.0 Å². The summed E-state index contributed by atoms with van der Waals surface area (Å²) in [5.41, 5.74) is 1.49. The van der Waals surface area contributed by atoms with Gasteiger partial charge in [0.15, 0.2) is 11.5 Å². The van der Waals surface area contributed by atoms with Gasteiger partial charge in [0.2, 0.25) is 0 Å². The van der Waals surface area contributed by atoms with E-state index in [0.29, 0.717) is 29.4 Å². The van der Waals surface area contributed by atoms with E-state index in [-0.39, 0.29) is 11.9 Å². The van der Waals surface area contributed by atoms with E-state index in [1.165, 1.54) is 6.26 Å². The summed E-state index contributed by atoms with van der Waals surface area (Å²) in [7, 11) is 1.61. The van der Waals surface area contributed by atoms with Crippen LogP contribution in [0.3, 0.4) is 0 Å². The number of nitrogens with one attached hydrogen (secondary N) is 1. The predicted molar refractivity (Wildman–Crippen MR) is 88.1 cm³/mol. The van der Waals surface area contributed by atoms with Crippen molar-refractivity contribution < 1.29 is 18.7 Å². The van der Waals surface area contributed by atoms with Gasteiger partial charge >= 0.3 is 0 Å². The second-order valence-electron chi connectivity index (χ2n) is 5.34. The van der Waals surface area contributed by atoms with Crippen molar-refractivity contribution >= 4 is 5.91 Å². The van der Waals surface area contributed by atoms with Crippen molar-refractivity contribution in [2.45, 2.75) is 33.2 Å². The highest BCUT2D eigenvalue weighted by atomic mass is 16.5. The number of ether oxygens (including phenoxy) is 2. The van der Waals surface area contributed by atoms with E-state index >= 15 is 0 Å². The Morgan fingerprint density at radius 1 is 1.30 bits per heavy atom. The van der Waals surface area contributed by atoms with E-state index in [1.807, 2.05) is 25.1 Å². The van der Waals surface area contributed by atoms with Gasteiger partial charge in [-0.25, -0.2) is 0 Å². The number of benzene rings is 1. The summed E-state index contributed by atoms with van der Waals surface area (Å²) in [6, 6.07) is 7.19. The Hall–Kier alpha value is -2.43. The fourth-order valence-corrected chi connectivity index (χ4v) is 2.26. The first-order valence-corrected chi connectivity index (χ1v) is 7.72. The largest absolute Gasteiger partial charge is 0.493 e. The van der Waals surface area contributed by atoms with Crippen LogP contribution in [-0.2, 0) is 0 Å². The van der Waals surface area contributed by atoms with Gasteiger partial charge in [-0.3, -0.25) is 4.79 Å². The molecule has 5 nitrogen and oxygen atoms in total. The SMILES string of the molecule is CCCOc1ccc([C@H](C)NC(=O)c2ccoc2C)cc1OC. The Labute approximate surface area is 136 Å². The van der Waals surface area contributed by atoms with Crippen LogP contribution in [0, 0.1) is 6.92 Å². The van der Waals surface area contributed by atoms with Gasteiger partial charge in [0, 0.05) is 0 Å². The standard InChI is InChI=1S/C18H23NO4/c1-5-9-23-16-7-6-14(11-17(16)21-4)12(2)19-18(20)15-8-10-22-13(15)3/h6-8,10-12H,5,9H2,1-4H3,(H,19,20)/t12-/m0/s1. The minimum atomic E-state index is -0.161. The average Bonchev–Trinajstić information content (AvgIpc) is 2.98. The maximum absolute atomic E-state index is 12.2. The Morgan fingerprint density at radius 2 is 2.09 bits per heavy atom. The lowest BCUT2D eigenvalue weighted by molar-refractivity contribution is 0.0938. The molecule has 2 aromatic rings. The minimum absolute atomic E-state index is 0.158. The molecule has 0 aliphatic carbocycles. The number of carbonyl (C=O) groups excluding carboxylic acids is 1. The van der Waals surface area contributed by atoms with Crippen molar-refractivity contribution in [1.82, 2.24) is 5.32 Å². The van der Waals surface area contributed by atoms with Crippen LogP contribution in [0.4, 0.5) is 0 Å². The predicted octanol–water partition coefficient (Wildman–Crippen LogP) is 3.88. The lowest BCUT2D eigenvalue weighted by Gasteiger charge is -2.17. The van der Waals surface area contributed by atoms with Crippen LogP contribution in [0.2, 0.25) is 0 Å². The number of furan rings is 1. The molecule has 5 heteroatoms. The Balaban J connectivity index is 2.11. The van der Waals surface area contributed by atoms with Crippen LogP contribution in [-0.4, -0.2) is 19.6 Å². The molecule has 0 radical (unpaired) electrons. The molecule has 1 aromatic heterocycles. The van der Waals surface area contributed by atoms with Crippen molar-refractivity contribution in [3.8, 4) is 11.5 Å². The molecule has 1 heterocycles. The molecular weight excluding hydrogens is 294 g/mol. The molecule has 1 N–H and O–H groups in total. The highest BCUT2D eigenvalue weighted by Gasteiger charge is 2.16. The molecule has 0 unspecified atom stereocenters. The van der Waals surface area contributed by atoms with E-state index in [0.717, 1.165) is 12.0 Å². The van der Waals surface area contributed by atoms with Crippen molar-refractivity contribution in [3.05, 3.63) is 47.4 Å². The molecule has 2 rings (SSSR count). The molecular formula is C18H23NO4. The molecule has 0 bridgehead atoms. The number of methoxy groups -OCH3 is 1. The van der Waals surface area contributed by atoms with Crippen molar-refractivity contribution in [1.29, 1.82) is 0 Å². The zero-order chi connectivity index (χ0) is 16.8. The van der Waals surface area contributed by atoms with E-state index in [9.17, 15) is 4.79 Å². The van der Waals surface area contributed by atoms with Gasteiger partial charge in [0.1, 0.15) is 5.76 Å². The molecule has 0 saturated heterocycles. The zero-order valence-electron chi connectivity index (χ0n) is 14.0. The third-order valence-electron chi connectivity index (χ3n) is 3.60. The smallest absolute Gasteiger partial charge is 0.255 e. The first-order chi connectivity index (χ1) is 11.1. The molecule has 1 atom stereocenters. The average molecular weight is 317 g/mol. The number of rotatable bonds is 7. The summed E-state index contributed by atoms with van der Waals surface area (Å²) in [5.74, 6) is 1.82. The fraction of sp³-hybridized carbons (Fsp3) is 0.389. The minimum Gasteiger partial charge on any atom is -0.493 e. The van der Waals surface area contributed by atoms with Crippen LogP contribution in [0.5, 0.6) is 11.5 Å². The third kappa shape index (κ3) is 4.06. The van der Waals surface area contributed by atoms with Crippen LogP contribution in [0.15, 0.2) is 34.9 Å². The summed E-state index contributed by atoms with van der Waals surface area (Å²) in [4.78, 5) is 12.2. The molecule has 0 aliphatic heterocycles. The summed E-state index contributed by atoms with van der Waals surface area (Å²) in [6.45, 7) is 6.38. The van der Waals surface area contributed by atoms with E-state index in [1.54, 1.807) is 20.1 Å². The van der Waals surface area contributed by atoms with Gasteiger partial charge in [-0.05, 0) is 44.0 Å². The lowest BCUT2D eigenvalue weighted by Crippen LogP contribution is -2.26. The number of aryl methyl sites for hydroxylation is 1. The van der Waals surface area contributed by atoms with Gasteiger partial charge in [-0.1, -0.05) is 13.0 Å². The monoisotopic (exact) mass is 317 g/mol. The number of amides is 1.